The molecule has 28 heavy (non-hydrogen) atoms. The third-order valence-electron chi connectivity index (χ3n) is 5.41. The minimum absolute atomic E-state index is 0.105. The average Bonchev–Trinajstić information content (AvgIpc) is 2.67. The van der Waals surface area contributed by atoms with Gasteiger partial charge in [0.25, 0.3) is 0 Å². The van der Waals surface area contributed by atoms with E-state index in [2.05, 4.69) is 0 Å². The molecule has 0 aliphatic carbocycles. The lowest BCUT2D eigenvalue weighted by atomic mass is 9.77. The maximum atomic E-state index is 12.1. The van der Waals surface area contributed by atoms with Gasteiger partial charge in [0.2, 0.25) is 6.29 Å². The second-order valence-electron chi connectivity index (χ2n) is 7.12. The van der Waals surface area contributed by atoms with Gasteiger partial charge in [-0.3, -0.25) is 0 Å². The molecule has 3 aliphatic heterocycles. The van der Waals surface area contributed by atoms with E-state index in [1.54, 1.807) is 6.92 Å². The first-order valence-electron chi connectivity index (χ1n) is 9.01. The molecule has 10 atom stereocenters. The maximum absolute atomic E-state index is 12.1. The first-order chi connectivity index (χ1) is 13.3. The summed E-state index contributed by atoms with van der Waals surface area (Å²) in [6.45, 7) is 1.08. The van der Waals surface area contributed by atoms with Gasteiger partial charge in [-0.1, -0.05) is 0 Å². The van der Waals surface area contributed by atoms with Gasteiger partial charge in [0.1, 0.15) is 24.4 Å². The van der Waals surface area contributed by atoms with Gasteiger partial charge in [-0.2, -0.15) is 0 Å². The van der Waals surface area contributed by atoms with Crippen LogP contribution in [0.1, 0.15) is 13.3 Å². The maximum Gasteiger partial charge on any atom is 0.337 e. The molecule has 11 heteroatoms. The predicted molar refractivity (Wildman–Crippen MR) is 88.0 cm³/mol. The number of hydrogen-bond donors (Lipinski definition) is 5. The molecule has 11 nitrogen and oxygen atoms in total. The Morgan fingerprint density at radius 1 is 1.14 bits per heavy atom. The van der Waals surface area contributed by atoms with Gasteiger partial charge in [-0.25, -0.2) is 4.79 Å². The second-order valence-corrected chi connectivity index (χ2v) is 7.12. The van der Waals surface area contributed by atoms with Crippen LogP contribution in [0.3, 0.4) is 0 Å². The molecule has 0 spiro atoms. The van der Waals surface area contributed by atoms with Crippen LogP contribution in [0.25, 0.3) is 0 Å². The van der Waals surface area contributed by atoms with E-state index in [1.807, 2.05) is 0 Å². The fraction of sp³-hybridized carbons (Fsp3) is 0.824. The van der Waals surface area contributed by atoms with E-state index >= 15 is 0 Å². The van der Waals surface area contributed by atoms with Crippen LogP contribution in [0.4, 0.5) is 0 Å². The van der Waals surface area contributed by atoms with Crippen molar-refractivity contribution in [1.29, 1.82) is 0 Å². The molecule has 2 fully saturated rings. The van der Waals surface area contributed by atoms with Crippen LogP contribution in [0, 0.1) is 11.8 Å². The molecule has 0 saturated carbocycles. The monoisotopic (exact) mass is 406 g/mol. The normalized spacial score (nSPS) is 46.2. The third kappa shape index (κ3) is 3.89. The molecule has 0 radical (unpaired) electrons. The van der Waals surface area contributed by atoms with Crippen LogP contribution in [0.5, 0.6) is 0 Å². The fourth-order valence-electron chi connectivity index (χ4n) is 3.91. The number of aliphatic hydroxyl groups is 5. The summed E-state index contributed by atoms with van der Waals surface area (Å²) < 4.78 is 26.8. The standard InChI is InChI=1S/C17H26O11/c1-6-11-7(3-10(19)26-6)8(15(23)24-2)5-25-16(11)28-17-14(22)13(21)12(20)9(4-18)27-17/h5-7,9-14,16-22H,3-4H2,1-2H3/t6-,7+,9+,10-,11-,12+,13-,14+,16+,17-/m0/s1. The highest BCUT2D eigenvalue weighted by Crippen LogP contribution is 2.42. The summed E-state index contributed by atoms with van der Waals surface area (Å²) in [4.78, 5) is 12.1. The third-order valence-corrected chi connectivity index (χ3v) is 5.41. The van der Waals surface area contributed by atoms with E-state index in [9.17, 15) is 30.3 Å². The minimum Gasteiger partial charge on any atom is -0.471 e. The van der Waals surface area contributed by atoms with E-state index in [4.69, 9.17) is 23.7 Å². The van der Waals surface area contributed by atoms with Gasteiger partial charge in [0, 0.05) is 12.3 Å². The van der Waals surface area contributed by atoms with Crippen LogP contribution >= 0.6 is 0 Å². The molecule has 0 aromatic rings. The smallest absolute Gasteiger partial charge is 0.337 e. The lowest BCUT2D eigenvalue weighted by Gasteiger charge is -2.47. The average molecular weight is 406 g/mol. The fourth-order valence-corrected chi connectivity index (χ4v) is 3.91. The molecule has 5 N–H and O–H groups in total. The highest BCUT2D eigenvalue weighted by Gasteiger charge is 2.51. The van der Waals surface area contributed by atoms with Crippen molar-refractivity contribution in [3.63, 3.8) is 0 Å². The van der Waals surface area contributed by atoms with E-state index in [-0.39, 0.29) is 12.0 Å². The van der Waals surface area contributed by atoms with Crippen molar-refractivity contribution in [3.05, 3.63) is 11.8 Å². The Bertz CT molecular complexity index is 594. The lowest BCUT2D eigenvalue weighted by molar-refractivity contribution is -0.352. The Kier molecular flexibility index (Phi) is 6.57. The molecule has 0 unspecified atom stereocenters. The van der Waals surface area contributed by atoms with Crippen molar-refractivity contribution in [2.75, 3.05) is 13.7 Å². The van der Waals surface area contributed by atoms with Crippen LogP contribution in [-0.4, -0.2) is 94.6 Å². The number of methoxy groups -OCH3 is 1. The van der Waals surface area contributed by atoms with Crippen molar-refractivity contribution in [3.8, 4) is 0 Å². The molecular formula is C17H26O11. The molecule has 2 saturated heterocycles. The van der Waals surface area contributed by atoms with Crippen molar-refractivity contribution in [2.24, 2.45) is 11.8 Å². The molecular weight excluding hydrogens is 380 g/mol. The van der Waals surface area contributed by atoms with Crippen molar-refractivity contribution in [2.45, 2.75) is 62.7 Å². The van der Waals surface area contributed by atoms with Crippen LogP contribution in [-0.2, 0) is 28.5 Å². The van der Waals surface area contributed by atoms with Gasteiger partial charge in [-0.15, -0.1) is 0 Å². The Labute approximate surface area is 161 Å². The van der Waals surface area contributed by atoms with Crippen LogP contribution in [0.15, 0.2) is 11.8 Å². The second kappa shape index (κ2) is 8.59. The summed E-state index contributed by atoms with van der Waals surface area (Å²) >= 11 is 0. The zero-order valence-corrected chi connectivity index (χ0v) is 15.5. The highest BCUT2D eigenvalue weighted by atomic mass is 16.8. The molecule has 0 aromatic carbocycles. The van der Waals surface area contributed by atoms with Gasteiger partial charge in [0.15, 0.2) is 12.6 Å². The zero-order valence-electron chi connectivity index (χ0n) is 15.5. The number of carbonyl (C=O) groups is 1. The number of esters is 1. The largest absolute Gasteiger partial charge is 0.471 e. The molecule has 0 bridgehead atoms. The topological polar surface area (TPSA) is 164 Å². The summed E-state index contributed by atoms with van der Waals surface area (Å²) in [5.74, 6) is -1.67. The number of ether oxygens (including phenoxy) is 5. The summed E-state index contributed by atoms with van der Waals surface area (Å²) in [6, 6.07) is 0. The van der Waals surface area contributed by atoms with Crippen LogP contribution < -0.4 is 0 Å². The summed E-state index contributed by atoms with van der Waals surface area (Å²) in [7, 11) is 1.23. The Balaban J connectivity index is 1.81. The summed E-state index contributed by atoms with van der Waals surface area (Å²) in [6.07, 6.45) is -8.71. The van der Waals surface area contributed by atoms with E-state index in [0.29, 0.717) is 0 Å². The van der Waals surface area contributed by atoms with Crippen molar-refractivity contribution in [1.82, 2.24) is 0 Å². The zero-order chi connectivity index (χ0) is 20.6. The highest BCUT2D eigenvalue weighted by molar-refractivity contribution is 5.88. The van der Waals surface area contributed by atoms with Gasteiger partial charge >= 0.3 is 5.97 Å². The van der Waals surface area contributed by atoms with Gasteiger partial charge < -0.3 is 49.2 Å². The van der Waals surface area contributed by atoms with E-state index in [1.165, 1.54) is 13.4 Å². The van der Waals surface area contributed by atoms with Crippen molar-refractivity contribution < 1.29 is 54.0 Å². The van der Waals surface area contributed by atoms with Crippen LogP contribution in [0.2, 0.25) is 0 Å². The van der Waals surface area contributed by atoms with Gasteiger partial charge in [-0.05, 0) is 6.92 Å². The number of rotatable bonds is 4. The number of fused-ring (bicyclic) bond motifs is 1. The number of aliphatic hydroxyl groups excluding tert-OH is 5. The first kappa shape index (κ1) is 21.4. The van der Waals surface area contributed by atoms with Crippen molar-refractivity contribution >= 4 is 5.97 Å². The Morgan fingerprint density at radius 2 is 1.86 bits per heavy atom. The Hall–Kier alpha value is -1.31. The molecule has 3 rings (SSSR count). The van der Waals surface area contributed by atoms with Gasteiger partial charge in [0.05, 0.1) is 37.6 Å². The van der Waals surface area contributed by atoms with E-state index < -0.39 is 73.8 Å². The minimum atomic E-state index is -1.60. The predicted octanol–water partition coefficient (Wildman–Crippen LogP) is -2.42. The molecule has 3 heterocycles. The number of carbonyl (C=O) groups excluding carboxylic acids is 1. The first-order valence-corrected chi connectivity index (χ1v) is 9.01. The number of hydrogen-bond acceptors (Lipinski definition) is 11. The molecule has 0 amide bonds. The SMILES string of the molecule is COC(=O)C1=CO[C@H](O[C@@H]2O[C@H](CO)[C@@H](O)[C@H](O)[C@H]2O)[C@H]2[C@H](C)O[C@H](O)C[C@H]12. The summed E-state index contributed by atoms with van der Waals surface area (Å²) in [5.41, 5.74) is 0.218. The lowest BCUT2D eigenvalue weighted by Crippen LogP contribution is -2.61. The molecule has 3 aliphatic rings. The molecule has 160 valence electrons. The molecule has 0 aromatic heterocycles. The Morgan fingerprint density at radius 3 is 2.50 bits per heavy atom. The van der Waals surface area contributed by atoms with E-state index in [0.717, 1.165) is 0 Å². The summed E-state index contributed by atoms with van der Waals surface area (Å²) in [5, 5.41) is 49.2. The quantitative estimate of drug-likeness (QED) is 0.315.